The fraction of sp³-hybridized carbons (Fsp3) is 0.486. The maximum absolute atomic E-state index is 15.1. The van der Waals surface area contributed by atoms with E-state index in [2.05, 4.69) is 42.2 Å². The highest BCUT2D eigenvalue weighted by atomic mass is 32.1. The lowest BCUT2D eigenvalue weighted by Crippen LogP contribution is -2.61. The van der Waals surface area contributed by atoms with E-state index >= 15 is 9.59 Å². The number of thiocarbonyl (C=S) groups is 1. The van der Waals surface area contributed by atoms with Gasteiger partial charge in [0, 0.05) is 80.0 Å². The summed E-state index contributed by atoms with van der Waals surface area (Å²) in [6.07, 6.45) is 3.44. The van der Waals surface area contributed by atoms with Gasteiger partial charge in [-0.2, -0.15) is 0 Å². The van der Waals surface area contributed by atoms with Crippen molar-refractivity contribution in [3.63, 3.8) is 0 Å². The van der Waals surface area contributed by atoms with Gasteiger partial charge < -0.3 is 99.7 Å². The number of aliphatic imine (C=N–C) groups is 1. The van der Waals surface area contributed by atoms with Crippen molar-refractivity contribution in [3.8, 4) is 33.9 Å². The maximum atomic E-state index is 15.1. The van der Waals surface area contributed by atoms with Crippen molar-refractivity contribution in [2.24, 2.45) is 45.7 Å². The van der Waals surface area contributed by atoms with Gasteiger partial charge in [-0.25, -0.2) is 9.59 Å². The number of unbranched alkanes of at least 4 members (excludes halogenated alkanes) is 1. The summed E-state index contributed by atoms with van der Waals surface area (Å²) in [5.41, 5.74) is 25.7. The average Bonchev–Trinajstić information content (AvgIpc) is 0.864. The number of nitrogens with two attached hydrogens (primary N) is 4. The van der Waals surface area contributed by atoms with E-state index in [9.17, 15) is 58.8 Å². The van der Waals surface area contributed by atoms with Crippen LogP contribution in [0.25, 0.3) is 33.4 Å². The fourth-order valence-corrected chi connectivity index (χ4v) is 13.8. The van der Waals surface area contributed by atoms with Crippen LogP contribution in [-0.2, 0) is 44.8 Å². The molecule has 31 nitrogen and oxygen atoms in total. The van der Waals surface area contributed by atoms with E-state index in [0.717, 1.165) is 0 Å². The number of likely N-dealkylation sites (tertiary alicyclic amines) is 3. The van der Waals surface area contributed by atoms with Gasteiger partial charge in [-0.15, -0.1) is 0 Å². The van der Waals surface area contributed by atoms with Gasteiger partial charge in [0.1, 0.15) is 65.1 Å². The molecule has 0 bridgehead atoms. The first-order valence-electron chi connectivity index (χ1n) is 35.2. The number of nitrogens with one attached hydrogen (secondary N) is 8. The molecule has 104 heavy (non-hydrogen) atoms. The molecule has 8 rings (SSSR count). The second-order valence-corrected chi connectivity index (χ2v) is 27.7. The lowest BCUT2D eigenvalue weighted by molar-refractivity contribution is -0.144. The van der Waals surface area contributed by atoms with Gasteiger partial charge in [-0.05, 0) is 167 Å². The van der Waals surface area contributed by atoms with Crippen LogP contribution in [-0.4, -0.2) is 193 Å². The number of hydrogen-bond acceptors (Lipinski definition) is 17. The van der Waals surface area contributed by atoms with Crippen molar-refractivity contribution >= 4 is 99.2 Å². The molecular weight excluding hydrogens is 1360 g/mol. The zero-order valence-corrected chi connectivity index (χ0v) is 59.6. The van der Waals surface area contributed by atoms with Crippen molar-refractivity contribution in [2.45, 2.75) is 166 Å². The second kappa shape index (κ2) is 36.5. The number of hydrogen-bond donors (Lipinski definition) is 16. The monoisotopic (exact) mass is 1460 g/mol. The molecule has 0 unspecified atom stereocenters. The maximum Gasteiger partial charge on any atom is 0.336 e. The molecule has 0 aromatic heterocycles. The molecule has 0 radical (unpaired) electrons. The number of guanidine groups is 2. The van der Waals surface area contributed by atoms with Gasteiger partial charge in [-0.3, -0.25) is 48.8 Å². The number of anilines is 1. The first-order valence-corrected chi connectivity index (χ1v) is 35.6. The summed E-state index contributed by atoms with van der Waals surface area (Å²) in [4.78, 5) is 148. The van der Waals surface area contributed by atoms with E-state index in [0.29, 0.717) is 72.0 Å². The van der Waals surface area contributed by atoms with Crippen molar-refractivity contribution in [1.29, 1.82) is 5.41 Å². The van der Waals surface area contributed by atoms with E-state index in [1.54, 1.807) is 55.1 Å². The van der Waals surface area contributed by atoms with Gasteiger partial charge >= 0.3 is 11.9 Å². The number of piperidine rings is 1. The second-order valence-electron chi connectivity index (χ2n) is 27.3. The molecule has 3 saturated heterocycles. The molecule has 3 aromatic carbocycles. The van der Waals surface area contributed by atoms with E-state index in [-0.39, 0.29) is 147 Å². The van der Waals surface area contributed by atoms with Gasteiger partial charge in [0.05, 0.1) is 11.6 Å². The number of carbonyl (C=O) groups is 9. The SMILES string of the molecule is CC[C@H](C)[C@H](NC(=O)[C@@H](Cc1ccc(O)cc1)NC(=O)[C@@H]1CCCN1C(=O)[C@H](CCCN=C(N)N)NC(=O)[C@@H](NC(=O)[C@@H]1CCCN1C(=O)[C@H](N)CCCCNC(=S)Nc1ccc(-c2c3ccc(=O)cc-3oc3cc(O)ccc23)c(C(=O)O)c1)C1CCN(C(=N)N)CC1)C(=O)N[C@@H](CC(C)C)C(=O)O. The molecule has 7 amide bonds. The van der Waals surface area contributed by atoms with E-state index < -0.39 is 113 Å². The van der Waals surface area contributed by atoms with Gasteiger partial charge in [0.25, 0.3) is 0 Å². The molecule has 0 spiro atoms. The lowest BCUT2D eigenvalue weighted by Gasteiger charge is -2.37. The Balaban J connectivity index is 0.918. The Morgan fingerprint density at radius 2 is 1.34 bits per heavy atom. The average molecular weight is 1460 g/mol. The number of benzene rings is 4. The number of phenols is 2. The number of rotatable bonds is 32. The third-order valence-corrected chi connectivity index (χ3v) is 19.5. The Labute approximate surface area is 606 Å². The number of aromatic carboxylic acids is 1. The zero-order chi connectivity index (χ0) is 75.6. The molecule has 5 aliphatic rings. The third-order valence-electron chi connectivity index (χ3n) is 19.3. The van der Waals surface area contributed by atoms with Crippen LogP contribution < -0.4 is 65.6 Å². The Morgan fingerprint density at radius 1 is 0.692 bits per heavy atom. The highest BCUT2D eigenvalue weighted by molar-refractivity contribution is 7.80. The fourth-order valence-electron chi connectivity index (χ4n) is 13.6. The summed E-state index contributed by atoms with van der Waals surface area (Å²) in [5, 5.41) is 69.6. The van der Waals surface area contributed by atoms with Crippen LogP contribution in [0, 0.1) is 23.2 Å². The molecule has 32 heteroatoms. The van der Waals surface area contributed by atoms with Crippen LogP contribution in [0.5, 0.6) is 11.5 Å². The molecule has 4 aliphatic heterocycles. The predicted octanol–water partition coefficient (Wildman–Crippen LogP) is 2.94. The Bertz CT molecular complexity index is 4030. The van der Waals surface area contributed by atoms with Crippen LogP contribution >= 0.6 is 12.2 Å². The lowest BCUT2D eigenvalue weighted by atomic mass is 9.88. The minimum Gasteiger partial charge on any atom is -0.508 e. The van der Waals surface area contributed by atoms with Gasteiger partial charge in [0.15, 0.2) is 22.5 Å². The minimum absolute atomic E-state index is 0.0433. The van der Waals surface area contributed by atoms with E-state index in [1.165, 1.54) is 52.3 Å². The highest BCUT2D eigenvalue weighted by Gasteiger charge is 2.44. The van der Waals surface area contributed by atoms with Gasteiger partial charge in [-0.1, -0.05) is 52.3 Å². The summed E-state index contributed by atoms with van der Waals surface area (Å²) in [5.74, 6) is -8.71. The summed E-state index contributed by atoms with van der Waals surface area (Å²) in [6, 6.07) is 9.58. The Kier molecular flexibility index (Phi) is 27.7. The van der Waals surface area contributed by atoms with E-state index in [4.69, 9.17) is 45.0 Å². The van der Waals surface area contributed by atoms with Crippen LogP contribution in [0.3, 0.4) is 0 Å². The smallest absolute Gasteiger partial charge is 0.336 e. The summed E-state index contributed by atoms with van der Waals surface area (Å²) in [6.45, 7) is 8.30. The number of amides is 7. The molecule has 3 aromatic rings. The van der Waals surface area contributed by atoms with Crippen LogP contribution in [0.2, 0.25) is 0 Å². The normalized spacial score (nSPS) is 17.3. The molecule has 0 saturated carbocycles. The van der Waals surface area contributed by atoms with Crippen molar-refractivity contribution in [3.05, 3.63) is 100 Å². The predicted molar refractivity (Wildman–Crippen MR) is 393 cm³/mol. The number of carboxylic acid groups (broad SMARTS) is 2. The molecule has 9 atom stereocenters. The number of aliphatic carboxylic acids is 1. The minimum atomic E-state index is -1.37. The number of aromatic hydroxyl groups is 2. The largest absolute Gasteiger partial charge is 0.508 e. The standard InChI is InChI=1S/C72H96N16O15S/c1-5-39(4)59(64(95)83-53(69(101)102)33-38(2)3)84-61(92)52(34-40-15-18-43(89)19-16-40)82-62(93)54-13-10-30-88(54)67(98)51(12-8-28-78-70(74)75)81-65(96)60(41-25-31-86(32-26-41)71(76)77)85-63(94)55-14-9-29-87(55)66(97)50(73)11-6-7-27-79-72(104)80-42-17-22-46(49(35-42)68(99)100)58-47-23-20-44(90)36-56(47)103-57-37-45(91)21-24-48(57)58/h15-24,35-39,41,50-55,59-60,89-90H,5-14,25-34,73H2,1-4H3,(H3,76,77)(H,81,96)(H,82,93)(H,83,95)(H,84,92)(H,85,94)(H,99,100)(H,101,102)(H4,74,75,78)(H2,79,80,104)/t39-,50+,51-,52+,53-,54-,55-,59-,60-/m0/s1. The van der Waals surface area contributed by atoms with Crippen molar-refractivity contribution < 1.29 is 68.0 Å². The topological polar surface area (TPSA) is 499 Å². The first-order chi connectivity index (χ1) is 49.5. The number of carbonyl (C=O) groups excluding carboxylic acids is 7. The van der Waals surface area contributed by atoms with Crippen LogP contribution in [0.15, 0.2) is 93.1 Å². The quantitative estimate of drug-likeness (QED) is 0.00967. The number of carboxylic acids is 2. The van der Waals surface area contributed by atoms with Crippen molar-refractivity contribution in [2.75, 3.05) is 44.6 Å². The summed E-state index contributed by atoms with van der Waals surface area (Å²) < 4.78 is 5.94. The zero-order valence-electron chi connectivity index (χ0n) is 58.8. The van der Waals surface area contributed by atoms with Crippen LogP contribution in [0.1, 0.15) is 127 Å². The molecule has 4 heterocycles. The number of fused-ring (bicyclic) bond motifs is 2. The highest BCUT2D eigenvalue weighted by Crippen LogP contribution is 2.43. The Morgan fingerprint density at radius 3 is 1.97 bits per heavy atom. The van der Waals surface area contributed by atoms with E-state index in [1.807, 2.05) is 13.8 Å². The third kappa shape index (κ3) is 20.8. The molecule has 1 aliphatic carbocycles. The summed E-state index contributed by atoms with van der Waals surface area (Å²) in [7, 11) is 0. The molecule has 20 N–H and O–H groups in total. The Hall–Kier alpha value is -10.6. The first kappa shape index (κ1) is 79.1. The molecular formula is C72H96N16O15S. The molecule has 560 valence electrons. The van der Waals surface area contributed by atoms with Crippen LogP contribution in [0.4, 0.5) is 5.69 Å². The summed E-state index contributed by atoms with van der Waals surface area (Å²) >= 11 is 5.57. The van der Waals surface area contributed by atoms with Gasteiger partial charge in [0.2, 0.25) is 41.4 Å². The number of nitrogens with zero attached hydrogens (tertiary/aromatic N) is 4. The molecule has 3 fully saturated rings. The van der Waals surface area contributed by atoms with Crippen molar-refractivity contribution in [1.82, 2.24) is 46.6 Å². The number of phenolic OH excluding ortho intramolecular Hbond substituents is 2.